The van der Waals surface area contributed by atoms with Gasteiger partial charge in [-0.15, -0.1) is 0 Å². The van der Waals surface area contributed by atoms with Crippen LogP contribution in [0.25, 0.3) is 5.70 Å². The van der Waals surface area contributed by atoms with Crippen LogP contribution in [0.5, 0.6) is 5.75 Å². The van der Waals surface area contributed by atoms with Gasteiger partial charge in [0, 0.05) is 18.1 Å². The molecule has 8 heteroatoms. The summed E-state index contributed by atoms with van der Waals surface area (Å²) in [6, 6.07) is 2.66. The molecule has 0 radical (unpaired) electrons. The van der Waals surface area contributed by atoms with E-state index in [0.717, 1.165) is 12.8 Å². The number of aliphatic carboxylic acids is 1. The predicted molar refractivity (Wildman–Crippen MR) is 109 cm³/mol. The number of rotatable bonds is 10. The van der Waals surface area contributed by atoms with E-state index in [-0.39, 0.29) is 47.2 Å². The largest absolute Gasteiger partial charge is 0.495 e. The molecular weight excluding hydrogens is 408 g/mol. The van der Waals surface area contributed by atoms with Gasteiger partial charge in [-0.05, 0) is 44.7 Å². The van der Waals surface area contributed by atoms with Crippen LogP contribution in [0.2, 0.25) is 5.02 Å². The number of nitrogens with zero attached hydrogens (tertiary/aromatic N) is 1. The van der Waals surface area contributed by atoms with Crippen molar-refractivity contribution in [2.45, 2.75) is 45.1 Å². The highest BCUT2D eigenvalue weighted by Crippen LogP contribution is 2.32. The normalized spacial score (nSPS) is 15.1. The Balaban J connectivity index is 2.02. The first-order valence-corrected chi connectivity index (χ1v) is 9.64. The lowest BCUT2D eigenvalue weighted by atomic mass is 9.96. The lowest BCUT2D eigenvalue weighted by molar-refractivity contribution is -0.137. The number of carboxylic acid groups (broad SMARTS) is 1. The number of hydrogen-bond acceptors (Lipinski definition) is 4. The quantitative estimate of drug-likeness (QED) is 0.289. The van der Waals surface area contributed by atoms with E-state index in [4.69, 9.17) is 37.8 Å². The summed E-state index contributed by atoms with van der Waals surface area (Å²) < 4.78 is 25.3. The number of benzene rings is 1. The molecular formula is C20H22Cl2FNO4. The Morgan fingerprint density at radius 3 is 2.75 bits per heavy atom. The molecule has 1 aliphatic carbocycles. The molecule has 0 atom stereocenters. The number of halogens is 3. The van der Waals surface area contributed by atoms with E-state index in [9.17, 15) is 9.18 Å². The fourth-order valence-corrected chi connectivity index (χ4v) is 2.96. The molecule has 0 unspecified atom stereocenters. The minimum Gasteiger partial charge on any atom is -0.495 e. The summed E-state index contributed by atoms with van der Waals surface area (Å²) in [7, 11) is 0. The van der Waals surface area contributed by atoms with Gasteiger partial charge >= 0.3 is 5.97 Å². The second-order valence-corrected chi connectivity index (χ2v) is 7.22. The van der Waals surface area contributed by atoms with Crippen LogP contribution in [0.3, 0.4) is 0 Å². The van der Waals surface area contributed by atoms with Crippen molar-refractivity contribution in [1.29, 1.82) is 0 Å². The second kappa shape index (κ2) is 10.5. The topological polar surface area (TPSA) is 68.1 Å². The molecule has 5 nitrogen and oxygen atoms in total. The lowest BCUT2D eigenvalue weighted by Gasteiger charge is -2.26. The summed E-state index contributed by atoms with van der Waals surface area (Å²) >= 11 is 12.2. The van der Waals surface area contributed by atoms with Gasteiger partial charge in [-0.1, -0.05) is 29.8 Å². The molecule has 152 valence electrons. The highest BCUT2D eigenvalue weighted by molar-refractivity contribution is 6.68. The minimum absolute atomic E-state index is 0.0397. The van der Waals surface area contributed by atoms with Crippen molar-refractivity contribution in [3.63, 3.8) is 0 Å². The number of aliphatic imine (C=N–C) groups is 1. The van der Waals surface area contributed by atoms with E-state index in [2.05, 4.69) is 11.6 Å². The second-order valence-electron chi connectivity index (χ2n) is 6.42. The molecule has 0 aromatic heterocycles. The summed E-state index contributed by atoms with van der Waals surface area (Å²) in [5.74, 6) is -1.12. The van der Waals surface area contributed by atoms with E-state index in [1.54, 1.807) is 13.0 Å². The smallest absolute Gasteiger partial charge is 0.303 e. The SMILES string of the molecule is C=C(N=C(Cl)/C=C(\C)OC1CCC1)c1cc(F)c(OCCCC(=O)O)c(Cl)c1. The maximum atomic E-state index is 14.3. The zero-order chi connectivity index (χ0) is 20.7. The van der Waals surface area contributed by atoms with Gasteiger partial charge < -0.3 is 14.6 Å². The monoisotopic (exact) mass is 429 g/mol. The molecule has 1 N–H and O–H groups in total. The number of carbonyl (C=O) groups is 1. The summed E-state index contributed by atoms with van der Waals surface area (Å²) in [5.41, 5.74) is 0.584. The van der Waals surface area contributed by atoms with E-state index >= 15 is 0 Å². The van der Waals surface area contributed by atoms with Gasteiger partial charge in [0.25, 0.3) is 0 Å². The van der Waals surface area contributed by atoms with E-state index < -0.39 is 11.8 Å². The van der Waals surface area contributed by atoms with Crippen molar-refractivity contribution in [3.05, 3.63) is 47.0 Å². The molecule has 2 rings (SSSR count). The van der Waals surface area contributed by atoms with Gasteiger partial charge in [-0.25, -0.2) is 9.38 Å². The summed E-state index contributed by atoms with van der Waals surface area (Å²) in [4.78, 5) is 14.6. The number of allylic oxidation sites excluding steroid dienone is 2. The summed E-state index contributed by atoms with van der Waals surface area (Å²) in [6.07, 6.45) is 5.24. The Kier molecular flexibility index (Phi) is 8.33. The van der Waals surface area contributed by atoms with Crippen LogP contribution >= 0.6 is 23.2 Å². The van der Waals surface area contributed by atoms with Crippen LogP contribution in [0.1, 0.15) is 44.6 Å². The molecule has 0 heterocycles. The first-order valence-electron chi connectivity index (χ1n) is 8.88. The van der Waals surface area contributed by atoms with Gasteiger partial charge in [0.05, 0.1) is 29.2 Å². The van der Waals surface area contributed by atoms with Crippen molar-refractivity contribution >= 4 is 40.0 Å². The molecule has 1 aromatic carbocycles. The first-order chi connectivity index (χ1) is 13.3. The standard InChI is InChI=1S/C20H22Cl2FNO4/c1-12(28-15-5-3-6-15)9-18(22)24-13(2)14-10-16(21)20(17(23)11-14)27-8-4-7-19(25)26/h9-11,15H,2-8H2,1H3,(H,25,26)/b12-9+,24-18?. The predicted octanol–water partition coefficient (Wildman–Crippen LogP) is 5.80. The van der Waals surface area contributed by atoms with E-state index in [0.29, 0.717) is 11.3 Å². The summed E-state index contributed by atoms with van der Waals surface area (Å²) in [6.45, 7) is 5.63. The molecule has 1 aromatic rings. The fraction of sp³-hybridized carbons (Fsp3) is 0.400. The van der Waals surface area contributed by atoms with Gasteiger partial charge in [-0.3, -0.25) is 4.79 Å². The van der Waals surface area contributed by atoms with Crippen LogP contribution in [-0.2, 0) is 9.53 Å². The van der Waals surface area contributed by atoms with Crippen LogP contribution in [0.15, 0.2) is 35.5 Å². The van der Waals surface area contributed by atoms with Gasteiger partial charge in [0.15, 0.2) is 11.6 Å². The average molecular weight is 430 g/mol. The third-order valence-corrected chi connectivity index (χ3v) is 4.56. The number of hydrogen-bond donors (Lipinski definition) is 1. The molecule has 0 saturated heterocycles. The molecule has 0 spiro atoms. The fourth-order valence-electron chi connectivity index (χ4n) is 2.44. The molecule has 0 amide bonds. The molecule has 0 aliphatic heterocycles. The Bertz CT molecular complexity index is 780. The maximum Gasteiger partial charge on any atom is 0.303 e. The third kappa shape index (κ3) is 6.84. The van der Waals surface area contributed by atoms with Gasteiger partial charge in [-0.2, -0.15) is 0 Å². The zero-order valence-corrected chi connectivity index (χ0v) is 17.0. The average Bonchev–Trinajstić information content (AvgIpc) is 2.56. The molecule has 1 fully saturated rings. The van der Waals surface area contributed by atoms with E-state index in [1.165, 1.54) is 18.6 Å². The van der Waals surface area contributed by atoms with Crippen LogP contribution in [0.4, 0.5) is 4.39 Å². The molecule has 1 aliphatic rings. The zero-order valence-electron chi connectivity index (χ0n) is 15.5. The highest BCUT2D eigenvalue weighted by atomic mass is 35.5. The molecule has 28 heavy (non-hydrogen) atoms. The van der Waals surface area contributed by atoms with Crippen molar-refractivity contribution < 1.29 is 23.8 Å². The number of carboxylic acids is 1. The lowest BCUT2D eigenvalue weighted by Crippen LogP contribution is -2.20. The molecule has 1 saturated carbocycles. The molecule has 0 bridgehead atoms. The Hall–Kier alpha value is -2.05. The van der Waals surface area contributed by atoms with Gasteiger partial charge in [0.2, 0.25) is 0 Å². The van der Waals surface area contributed by atoms with E-state index in [1.807, 2.05) is 0 Å². The van der Waals surface area contributed by atoms with Crippen LogP contribution in [0, 0.1) is 5.82 Å². The van der Waals surface area contributed by atoms with Crippen molar-refractivity contribution in [2.24, 2.45) is 4.99 Å². The van der Waals surface area contributed by atoms with Crippen molar-refractivity contribution in [1.82, 2.24) is 0 Å². The Morgan fingerprint density at radius 2 is 2.18 bits per heavy atom. The Morgan fingerprint density at radius 1 is 1.46 bits per heavy atom. The summed E-state index contributed by atoms with van der Waals surface area (Å²) in [5, 5.41) is 8.80. The van der Waals surface area contributed by atoms with Crippen molar-refractivity contribution in [3.8, 4) is 5.75 Å². The number of ether oxygens (including phenoxy) is 2. The van der Waals surface area contributed by atoms with Gasteiger partial charge in [0.1, 0.15) is 5.17 Å². The maximum absolute atomic E-state index is 14.3. The Labute approximate surface area is 173 Å². The van der Waals surface area contributed by atoms with Crippen molar-refractivity contribution in [2.75, 3.05) is 6.61 Å². The first kappa shape index (κ1) is 22.2. The van der Waals surface area contributed by atoms with Crippen LogP contribution in [-0.4, -0.2) is 29.0 Å². The van der Waals surface area contributed by atoms with Crippen LogP contribution < -0.4 is 4.74 Å². The third-order valence-electron chi connectivity index (χ3n) is 4.08. The highest BCUT2D eigenvalue weighted by Gasteiger charge is 2.19. The minimum atomic E-state index is -0.945.